The maximum atomic E-state index is 12.9. The van der Waals surface area contributed by atoms with Gasteiger partial charge in [0.25, 0.3) is 0 Å². The van der Waals surface area contributed by atoms with Gasteiger partial charge >= 0.3 is 12.1 Å². The first-order valence-corrected chi connectivity index (χ1v) is 6.60. The standard InChI is InChI=1S/C14H18F3N3O/c1-10(9-19(2)3)20-12(11-7-5-4-6-8-11)18-13(21-20)14(15,16)17/h4-8,10,12H,9H2,1-3H3/t10?,12-/m1/s1. The van der Waals surface area contributed by atoms with E-state index in [2.05, 4.69) is 4.99 Å². The molecule has 116 valence electrons. The molecule has 0 bridgehead atoms. The molecular weight excluding hydrogens is 283 g/mol. The maximum Gasteiger partial charge on any atom is 0.470 e. The molecule has 0 aliphatic carbocycles. The molecule has 1 aromatic carbocycles. The predicted octanol–water partition coefficient (Wildman–Crippen LogP) is 2.84. The van der Waals surface area contributed by atoms with Crippen LogP contribution in [0.25, 0.3) is 0 Å². The smallest absolute Gasteiger partial charge is 0.378 e. The van der Waals surface area contributed by atoms with Crippen molar-refractivity contribution in [1.29, 1.82) is 0 Å². The van der Waals surface area contributed by atoms with Crippen LogP contribution in [0, 0.1) is 0 Å². The molecule has 1 aliphatic rings. The van der Waals surface area contributed by atoms with Gasteiger partial charge in [0.1, 0.15) is 0 Å². The van der Waals surface area contributed by atoms with E-state index in [-0.39, 0.29) is 6.04 Å². The number of benzene rings is 1. The Bertz CT molecular complexity index is 502. The highest BCUT2D eigenvalue weighted by molar-refractivity contribution is 5.82. The lowest BCUT2D eigenvalue weighted by atomic mass is 10.1. The molecule has 21 heavy (non-hydrogen) atoms. The summed E-state index contributed by atoms with van der Waals surface area (Å²) < 4.78 is 38.6. The van der Waals surface area contributed by atoms with Gasteiger partial charge in [0.15, 0.2) is 6.17 Å². The van der Waals surface area contributed by atoms with E-state index >= 15 is 0 Å². The highest BCUT2D eigenvalue weighted by Gasteiger charge is 2.47. The number of likely N-dealkylation sites (N-methyl/N-ethyl adjacent to an activating group) is 1. The van der Waals surface area contributed by atoms with Crippen LogP contribution in [0.15, 0.2) is 35.3 Å². The Morgan fingerprint density at radius 3 is 2.43 bits per heavy atom. The molecule has 0 fully saturated rings. The second-order valence-electron chi connectivity index (χ2n) is 5.28. The number of hydrogen-bond donors (Lipinski definition) is 0. The average molecular weight is 301 g/mol. The van der Waals surface area contributed by atoms with E-state index < -0.39 is 18.2 Å². The van der Waals surface area contributed by atoms with Crippen molar-refractivity contribution in [2.24, 2.45) is 4.99 Å². The van der Waals surface area contributed by atoms with Gasteiger partial charge < -0.3 is 9.74 Å². The van der Waals surface area contributed by atoms with Crippen LogP contribution in [0.4, 0.5) is 13.2 Å². The monoisotopic (exact) mass is 301 g/mol. The van der Waals surface area contributed by atoms with Gasteiger partial charge in [-0.15, -0.1) is 5.06 Å². The largest absolute Gasteiger partial charge is 0.470 e. The molecule has 0 N–H and O–H groups in total. The molecule has 1 aromatic rings. The number of nitrogens with zero attached hydrogens (tertiary/aromatic N) is 3. The molecule has 0 spiro atoms. The molecular formula is C14H18F3N3O. The van der Waals surface area contributed by atoms with Crippen LogP contribution in [0.1, 0.15) is 18.7 Å². The summed E-state index contributed by atoms with van der Waals surface area (Å²) in [5.41, 5.74) is 0.669. The van der Waals surface area contributed by atoms with Gasteiger partial charge in [0.2, 0.25) is 0 Å². The first-order chi connectivity index (χ1) is 9.79. The van der Waals surface area contributed by atoms with Gasteiger partial charge in [-0.05, 0) is 26.6 Å². The maximum absolute atomic E-state index is 12.9. The van der Waals surface area contributed by atoms with E-state index in [1.54, 1.807) is 30.3 Å². The minimum atomic E-state index is -4.58. The van der Waals surface area contributed by atoms with Crippen molar-refractivity contribution < 1.29 is 18.0 Å². The number of halogens is 3. The van der Waals surface area contributed by atoms with Gasteiger partial charge in [-0.2, -0.15) is 13.2 Å². The van der Waals surface area contributed by atoms with Crippen LogP contribution in [-0.4, -0.2) is 48.7 Å². The summed E-state index contributed by atoms with van der Waals surface area (Å²) in [6.45, 7) is 2.37. The zero-order valence-corrected chi connectivity index (χ0v) is 12.1. The SMILES string of the molecule is CC(CN(C)C)N1OC(C(F)(F)F)=N[C@H]1c1ccccc1. The number of aliphatic imine (C=N–C) groups is 1. The van der Waals surface area contributed by atoms with E-state index in [4.69, 9.17) is 4.84 Å². The molecule has 2 rings (SSSR count). The molecule has 7 heteroatoms. The third-order valence-electron chi connectivity index (χ3n) is 3.08. The molecule has 0 saturated carbocycles. The number of rotatable bonds is 4. The molecule has 0 amide bonds. The second-order valence-corrected chi connectivity index (χ2v) is 5.28. The Labute approximate surface area is 121 Å². The Kier molecular flexibility index (Phi) is 4.53. The molecule has 0 aromatic heterocycles. The van der Waals surface area contributed by atoms with Gasteiger partial charge in [-0.1, -0.05) is 30.3 Å². The fraction of sp³-hybridized carbons (Fsp3) is 0.500. The lowest BCUT2D eigenvalue weighted by Crippen LogP contribution is -2.41. The van der Waals surface area contributed by atoms with E-state index in [9.17, 15) is 13.2 Å². The first kappa shape index (κ1) is 15.8. The van der Waals surface area contributed by atoms with E-state index in [0.29, 0.717) is 12.1 Å². The highest BCUT2D eigenvalue weighted by Crippen LogP contribution is 2.34. The highest BCUT2D eigenvalue weighted by atomic mass is 19.4. The molecule has 0 saturated heterocycles. The van der Waals surface area contributed by atoms with E-state index in [0.717, 1.165) is 0 Å². The molecule has 2 atom stereocenters. The van der Waals surface area contributed by atoms with Crippen LogP contribution in [0.2, 0.25) is 0 Å². The van der Waals surface area contributed by atoms with Gasteiger partial charge in [0, 0.05) is 6.54 Å². The minimum absolute atomic E-state index is 0.242. The normalized spacial score (nSPS) is 21.3. The summed E-state index contributed by atoms with van der Waals surface area (Å²) >= 11 is 0. The molecule has 1 aliphatic heterocycles. The first-order valence-electron chi connectivity index (χ1n) is 6.60. The van der Waals surface area contributed by atoms with Gasteiger partial charge in [-0.25, -0.2) is 4.99 Å². The van der Waals surface area contributed by atoms with Crippen molar-refractivity contribution in [2.75, 3.05) is 20.6 Å². The summed E-state index contributed by atoms with van der Waals surface area (Å²) in [6, 6.07) is 8.59. The number of alkyl halides is 3. The van der Waals surface area contributed by atoms with Crippen molar-refractivity contribution in [3.8, 4) is 0 Å². The summed E-state index contributed by atoms with van der Waals surface area (Å²) in [5, 5.41) is 1.30. The Hall–Kier alpha value is -1.60. The zero-order chi connectivity index (χ0) is 15.6. The van der Waals surface area contributed by atoms with Crippen LogP contribution in [0.5, 0.6) is 0 Å². The van der Waals surface area contributed by atoms with Crippen LogP contribution in [0.3, 0.4) is 0 Å². The minimum Gasteiger partial charge on any atom is -0.378 e. The van der Waals surface area contributed by atoms with Crippen LogP contribution < -0.4 is 0 Å². The molecule has 0 radical (unpaired) electrons. The summed E-state index contributed by atoms with van der Waals surface area (Å²) in [5.74, 6) is -1.19. The van der Waals surface area contributed by atoms with Crippen molar-refractivity contribution in [1.82, 2.24) is 9.96 Å². The third-order valence-corrected chi connectivity index (χ3v) is 3.08. The molecule has 1 unspecified atom stereocenters. The molecule has 4 nitrogen and oxygen atoms in total. The molecule has 1 heterocycles. The quantitative estimate of drug-likeness (QED) is 0.856. The summed E-state index contributed by atoms with van der Waals surface area (Å²) in [4.78, 5) is 10.6. The van der Waals surface area contributed by atoms with Crippen molar-refractivity contribution in [2.45, 2.75) is 25.3 Å². The van der Waals surface area contributed by atoms with Crippen LogP contribution in [-0.2, 0) is 4.84 Å². The number of hydroxylamine groups is 2. The lowest BCUT2D eigenvalue weighted by Gasteiger charge is -2.29. The van der Waals surface area contributed by atoms with Crippen LogP contribution >= 0.6 is 0 Å². The Balaban J connectivity index is 2.28. The third kappa shape index (κ3) is 3.74. The van der Waals surface area contributed by atoms with Crippen molar-refractivity contribution >= 4 is 5.90 Å². The Morgan fingerprint density at radius 2 is 1.90 bits per heavy atom. The van der Waals surface area contributed by atoms with Crippen molar-refractivity contribution in [3.63, 3.8) is 0 Å². The second kappa shape index (κ2) is 6.03. The van der Waals surface area contributed by atoms with E-state index in [1.165, 1.54) is 5.06 Å². The Morgan fingerprint density at radius 1 is 1.29 bits per heavy atom. The van der Waals surface area contributed by atoms with Gasteiger partial charge in [0.05, 0.1) is 6.04 Å². The van der Waals surface area contributed by atoms with Gasteiger partial charge in [-0.3, -0.25) is 0 Å². The fourth-order valence-corrected chi connectivity index (χ4v) is 2.25. The van der Waals surface area contributed by atoms with Crippen molar-refractivity contribution in [3.05, 3.63) is 35.9 Å². The zero-order valence-electron chi connectivity index (χ0n) is 12.1. The topological polar surface area (TPSA) is 28.1 Å². The average Bonchev–Trinajstić information content (AvgIpc) is 2.84. The fourth-order valence-electron chi connectivity index (χ4n) is 2.25. The van der Waals surface area contributed by atoms with E-state index in [1.807, 2.05) is 25.9 Å². The number of hydrogen-bond acceptors (Lipinski definition) is 4. The predicted molar refractivity (Wildman–Crippen MR) is 73.6 cm³/mol. The lowest BCUT2D eigenvalue weighted by molar-refractivity contribution is -0.154. The summed E-state index contributed by atoms with van der Waals surface area (Å²) in [6.07, 6.45) is -5.36. The summed E-state index contributed by atoms with van der Waals surface area (Å²) in [7, 11) is 3.71.